The van der Waals surface area contributed by atoms with Crippen LogP contribution in [-0.4, -0.2) is 13.2 Å². The molecule has 0 aliphatic rings. The maximum atomic E-state index is 5.83. The molecule has 0 heterocycles. The topological polar surface area (TPSA) is 18.5 Å². The fourth-order valence-electron chi connectivity index (χ4n) is 2.63. The average molecular weight is 366 g/mol. The number of hydrogen-bond donors (Lipinski definition) is 0. The molecule has 2 nitrogen and oxygen atoms in total. The summed E-state index contributed by atoms with van der Waals surface area (Å²) in [4.78, 5) is 0. The van der Waals surface area contributed by atoms with Crippen molar-refractivity contribution in [2.24, 2.45) is 0 Å². The molecule has 0 bridgehead atoms. The minimum Gasteiger partial charge on any atom is -0.493 e. The van der Waals surface area contributed by atoms with Gasteiger partial charge in [0.15, 0.2) is 0 Å². The molecule has 2 heteroatoms. The molecule has 0 radical (unpaired) electrons. The highest BCUT2D eigenvalue weighted by atomic mass is 16.5. The number of ether oxygens (including phenoxy) is 2. The summed E-state index contributed by atoms with van der Waals surface area (Å²) in [5.74, 6) is 14.2. The Morgan fingerprint density at radius 3 is 1.32 bits per heavy atom. The van der Waals surface area contributed by atoms with Crippen molar-refractivity contribution < 1.29 is 9.47 Å². The Kier molecular flexibility index (Phi) is 6.78. The molecule has 0 aliphatic carbocycles. The quantitative estimate of drug-likeness (QED) is 0.585. The van der Waals surface area contributed by atoms with Gasteiger partial charge in [-0.1, -0.05) is 60.1 Å². The summed E-state index contributed by atoms with van der Waals surface area (Å²) in [6.07, 6.45) is 0. The summed E-state index contributed by atoms with van der Waals surface area (Å²) in [6.45, 7) is 5.03. The van der Waals surface area contributed by atoms with E-state index in [0.29, 0.717) is 24.7 Å². The Bertz CT molecular complexity index is 943. The fourth-order valence-corrected chi connectivity index (χ4v) is 2.63. The van der Waals surface area contributed by atoms with Crippen LogP contribution in [0.25, 0.3) is 0 Å². The normalized spacial score (nSPS) is 9.50. The molecule has 3 aromatic carbocycles. The van der Waals surface area contributed by atoms with Gasteiger partial charge < -0.3 is 9.47 Å². The van der Waals surface area contributed by atoms with Crippen LogP contribution in [0.4, 0.5) is 0 Å². The van der Waals surface area contributed by atoms with Crippen LogP contribution in [0, 0.1) is 23.7 Å². The van der Waals surface area contributed by atoms with E-state index in [2.05, 4.69) is 23.7 Å². The largest absolute Gasteiger partial charge is 0.493 e. The maximum Gasteiger partial charge on any atom is 0.136 e. The highest BCUT2D eigenvalue weighted by Gasteiger charge is 2.10. The van der Waals surface area contributed by atoms with E-state index < -0.39 is 0 Å². The summed E-state index contributed by atoms with van der Waals surface area (Å²) in [5.41, 5.74) is 3.49. The summed E-state index contributed by atoms with van der Waals surface area (Å²) in [7, 11) is 0. The van der Waals surface area contributed by atoms with Gasteiger partial charge in [-0.05, 0) is 38.1 Å². The van der Waals surface area contributed by atoms with Crippen molar-refractivity contribution in [3.05, 3.63) is 95.1 Å². The Labute approximate surface area is 167 Å². The molecule has 0 saturated heterocycles. The standard InChI is InChI=1S/C26H22O2/c1-3-27-25-19-24(18-16-22-13-9-6-10-14-22)26(28-4-2)20-23(25)17-15-21-11-7-5-8-12-21/h5-14,19-20H,3-4H2,1-2H3. The zero-order valence-corrected chi connectivity index (χ0v) is 16.2. The third-order valence-electron chi connectivity index (χ3n) is 3.91. The van der Waals surface area contributed by atoms with Crippen LogP contribution in [0.5, 0.6) is 11.5 Å². The molecule has 0 saturated carbocycles. The molecular formula is C26H22O2. The second-order valence-corrected chi connectivity index (χ2v) is 5.94. The lowest BCUT2D eigenvalue weighted by Gasteiger charge is -2.11. The predicted octanol–water partition coefficient (Wildman–Crippen LogP) is 5.28. The van der Waals surface area contributed by atoms with Crippen LogP contribution in [0.1, 0.15) is 36.1 Å². The van der Waals surface area contributed by atoms with E-state index >= 15 is 0 Å². The molecule has 0 fully saturated rings. The Morgan fingerprint density at radius 1 is 0.571 bits per heavy atom. The van der Waals surface area contributed by atoms with Gasteiger partial charge in [-0.2, -0.15) is 0 Å². The zero-order valence-electron chi connectivity index (χ0n) is 16.2. The fraction of sp³-hybridized carbons (Fsp3) is 0.154. The molecule has 0 aliphatic heterocycles. The van der Waals surface area contributed by atoms with Gasteiger partial charge in [-0.3, -0.25) is 0 Å². The van der Waals surface area contributed by atoms with Crippen molar-refractivity contribution in [2.75, 3.05) is 13.2 Å². The highest BCUT2D eigenvalue weighted by molar-refractivity contribution is 5.60. The van der Waals surface area contributed by atoms with E-state index in [4.69, 9.17) is 9.47 Å². The summed E-state index contributed by atoms with van der Waals surface area (Å²) < 4.78 is 11.7. The lowest BCUT2D eigenvalue weighted by molar-refractivity contribution is 0.329. The van der Waals surface area contributed by atoms with Crippen LogP contribution in [0.15, 0.2) is 72.8 Å². The van der Waals surface area contributed by atoms with E-state index in [1.54, 1.807) is 0 Å². The number of benzene rings is 3. The van der Waals surface area contributed by atoms with Gasteiger partial charge in [0, 0.05) is 23.3 Å². The summed E-state index contributed by atoms with van der Waals surface area (Å²) in [6, 6.07) is 23.6. The zero-order chi connectivity index (χ0) is 19.6. The molecule has 0 amide bonds. The van der Waals surface area contributed by atoms with Crippen LogP contribution < -0.4 is 9.47 Å². The lowest BCUT2D eigenvalue weighted by atomic mass is 10.1. The van der Waals surface area contributed by atoms with E-state index in [9.17, 15) is 0 Å². The highest BCUT2D eigenvalue weighted by Crippen LogP contribution is 2.28. The van der Waals surface area contributed by atoms with Crippen LogP contribution in [0.2, 0.25) is 0 Å². The Balaban J connectivity index is 2.03. The summed E-state index contributed by atoms with van der Waals surface area (Å²) in [5, 5.41) is 0. The number of rotatable bonds is 4. The maximum absolute atomic E-state index is 5.83. The minimum atomic E-state index is 0.555. The van der Waals surface area contributed by atoms with E-state index in [1.165, 1.54) is 0 Å². The predicted molar refractivity (Wildman–Crippen MR) is 114 cm³/mol. The molecule has 0 spiro atoms. The van der Waals surface area contributed by atoms with Crippen molar-refractivity contribution in [1.82, 2.24) is 0 Å². The second-order valence-electron chi connectivity index (χ2n) is 5.94. The third kappa shape index (κ3) is 5.19. The molecule has 138 valence electrons. The number of hydrogen-bond acceptors (Lipinski definition) is 2. The third-order valence-corrected chi connectivity index (χ3v) is 3.91. The van der Waals surface area contributed by atoms with Crippen molar-refractivity contribution in [3.8, 4) is 35.2 Å². The Morgan fingerprint density at radius 2 is 0.964 bits per heavy atom. The minimum absolute atomic E-state index is 0.555. The van der Waals surface area contributed by atoms with Crippen molar-refractivity contribution in [3.63, 3.8) is 0 Å². The lowest BCUT2D eigenvalue weighted by Crippen LogP contribution is -2.00. The van der Waals surface area contributed by atoms with E-state index in [-0.39, 0.29) is 0 Å². The first-order valence-corrected chi connectivity index (χ1v) is 9.38. The molecule has 28 heavy (non-hydrogen) atoms. The smallest absolute Gasteiger partial charge is 0.136 e. The summed E-state index contributed by atoms with van der Waals surface area (Å²) >= 11 is 0. The van der Waals surface area contributed by atoms with Crippen molar-refractivity contribution in [2.45, 2.75) is 13.8 Å². The van der Waals surface area contributed by atoms with Crippen LogP contribution >= 0.6 is 0 Å². The van der Waals surface area contributed by atoms with Gasteiger partial charge in [-0.15, -0.1) is 0 Å². The monoisotopic (exact) mass is 366 g/mol. The van der Waals surface area contributed by atoms with Gasteiger partial charge in [0.05, 0.1) is 24.3 Å². The van der Waals surface area contributed by atoms with Gasteiger partial charge in [0.1, 0.15) is 11.5 Å². The molecule has 3 rings (SSSR count). The second kappa shape index (κ2) is 9.91. The van der Waals surface area contributed by atoms with Gasteiger partial charge in [0.2, 0.25) is 0 Å². The van der Waals surface area contributed by atoms with E-state index in [0.717, 1.165) is 22.3 Å². The first-order chi connectivity index (χ1) is 13.8. The molecule has 3 aromatic rings. The van der Waals surface area contributed by atoms with Gasteiger partial charge in [-0.25, -0.2) is 0 Å². The van der Waals surface area contributed by atoms with Crippen molar-refractivity contribution in [1.29, 1.82) is 0 Å². The SMILES string of the molecule is CCOc1cc(C#Cc2ccccc2)c(OCC)cc1C#Cc1ccccc1. The van der Waals surface area contributed by atoms with Crippen LogP contribution in [-0.2, 0) is 0 Å². The van der Waals surface area contributed by atoms with Gasteiger partial charge in [0.25, 0.3) is 0 Å². The molecule has 0 unspecified atom stereocenters. The average Bonchev–Trinajstić information content (AvgIpc) is 2.74. The van der Waals surface area contributed by atoms with Crippen LogP contribution in [0.3, 0.4) is 0 Å². The first kappa shape index (κ1) is 19.2. The van der Waals surface area contributed by atoms with E-state index in [1.807, 2.05) is 86.6 Å². The molecular weight excluding hydrogens is 344 g/mol. The Hall–Kier alpha value is -3.62. The molecule has 0 atom stereocenters. The van der Waals surface area contributed by atoms with Crippen molar-refractivity contribution >= 4 is 0 Å². The van der Waals surface area contributed by atoms with Gasteiger partial charge >= 0.3 is 0 Å². The molecule has 0 aromatic heterocycles. The first-order valence-electron chi connectivity index (χ1n) is 9.38. The molecule has 0 N–H and O–H groups in total.